The molecule has 4 aromatic rings. The zero-order valence-electron chi connectivity index (χ0n) is 18.9. The zero-order chi connectivity index (χ0) is 22.4. The van der Waals surface area contributed by atoms with Crippen LogP contribution in [-0.2, 0) is 20.0 Å². The molecule has 1 fully saturated rings. The second kappa shape index (κ2) is 8.10. The van der Waals surface area contributed by atoms with Crippen LogP contribution >= 0.6 is 0 Å². The molecule has 166 valence electrons. The average Bonchev–Trinajstić information content (AvgIpc) is 3.13. The van der Waals surface area contributed by atoms with Crippen LogP contribution in [0.2, 0.25) is 0 Å². The molecule has 2 aromatic heterocycles. The maximum absolute atomic E-state index is 13.6. The second-order valence-corrected chi connectivity index (χ2v) is 8.87. The van der Waals surface area contributed by atoms with Gasteiger partial charge in [-0.05, 0) is 56.5 Å². The number of benzene rings is 2. The Kier molecular flexibility index (Phi) is 5.25. The number of likely N-dealkylation sites (tertiary alicyclic amines) is 1. The number of para-hydroxylation sites is 2. The number of aromatic hydroxyl groups is 1. The lowest BCUT2D eigenvalue weighted by Crippen LogP contribution is -2.36. The molecule has 1 atom stereocenters. The highest BCUT2D eigenvalue weighted by atomic mass is 16.3. The molecule has 0 radical (unpaired) electrons. The average molecular weight is 432 g/mol. The van der Waals surface area contributed by atoms with E-state index in [0.717, 1.165) is 36.0 Å². The number of hydrogen-bond acceptors (Lipinski definition) is 5. The van der Waals surface area contributed by atoms with Gasteiger partial charge in [-0.25, -0.2) is 4.98 Å². The van der Waals surface area contributed by atoms with Gasteiger partial charge in [0, 0.05) is 19.6 Å². The van der Waals surface area contributed by atoms with Crippen molar-refractivity contribution in [3.8, 4) is 17.1 Å². The first-order chi connectivity index (χ1) is 15.5. The molecule has 0 saturated carbocycles. The van der Waals surface area contributed by atoms with E-state index in [2.05, 4.69) is 16.8 Å². The predicted molar refractivity (Wildman–Crippen MR) is 127 cm³/mol. The Morgan fingerprint density at radius 2 is 2.06 bits per heavy atom. The highest BCUT2D eigenvalue weighted by Crippen LogP contribution is 2.34. The first kappa shape index (κ1) is 20.8. The Morgan fingerprint density at radius 1 is 1.25 bits per heavy atom. The molecule has 2 aromatic carbocycles. The number of hydrogen-bond donors (Lipinski definition) is 1. The fraction of sp³-hybridized carbons (Fsp3) is 0.385. The third-order valence-electron chi connectivity index (χ3n) is 6.92. The summed E-state index contributed by atoms with van der Waals surface area (Å²) in [7, 11) is 1.91. The Labute approximate surface area is 187 Å². The van der Waals surface area contributed by atoms with Crippen LogP contribution in [0.3, 0.4) is 0 Å². The molecule has 0 bridgehead atoms. The number of phenolic OH excluding ortho intramolecular Hbond substituents is 1. The van der Waals surface area contributed by atoms with Crippen LogP contribution in [0.4, 0.5) is 0 Å². The summed E-state index contributed by atoms with van der Waals surface area (Å²) in [5.74, 6) is 0.829. The van der Waals surface area contributed by atoms with Crippen LogP contribution in [0, 0.1) is 0 Å². The number of phenols is 1. The maximum atomic E-state index is 13.6. The van der Waals surface area contributed by atoms with Crippen molar-refractivity contribution in [3.05, 3.63) is 57.9 Å². The van der Waals surface area contributed by atoms with E-state index < -0.39 is 0 Å². The summed E-state index contributed by atoms with van der Waals surface area (Å²) in [5.41, 5.74) is 4.07. The van der Waals surface area contributed by atoms with Crippen molar-refractivity contribution in [2.45, 2.75) is 52.1 Å². The van der Waals surface area contributed by atoms with Gasteiger partial charge in [0.1, 0.15) is 29.0 Å². The summed E-state index contributed by atoms with van der Waals surface area (Å²) in [5, 5.41) is 11.5. The molecular formula is C26H29N3O3. The van der Waals surface area contributed by atoms with Gasteiger partial charge in [0.2, 0.25) is 5.43 Å². The van der Waals surface area contributed by atoms with Gasteiger partial charge in [-0.15, -0.1) is 0 Å². The zero-order valence-corrected chi connectivity index (χ0v) is 18.9. The van der Waals surface area contributed by atoms with Crippen molar-refractivity contribution in [2.24, 2.45) is 7.05 Å². The van der Waals surface area contributed by atoms with Gasteiger partial charge in [0.05, 0.1) is 22.0 Å². The lowest BCUT2D eigenvalue weighted by molar-refractivity contribution is 0.151. The van der Waals surface area contributed by atoms with Gasteiger partial charge in [-0.3, -0.25) is 9.69 Å². The lowest BCUT2D eigenvalue weighted by atomic mass is 9.98. The number of nitrogens with zero attached hydrogens (tertiary/aromatic N) is 3. The molecule has 0 amide bonds. The molecule has 0 unspecified atom stereocenters. The van der Waals surface area contributed by atoms with E-state index in [0.29, 0.717) is 46.9 Å². The Balaban J connectivity index is 1.69. The summed E-state index contributed by atoms with van der Waals surface area (Å²) >= 11 is 0. The molecule has 1 N–H and O–H groups in total. The Morgan fingerprint density at radius 3 is 2.81 bits per heavy atom. The van der Waals surface area contributed by atoms with Gasteiger partial charge < -0.3 is 14.1 Å². The third-order valence-corrected chi connectivity index (χ3v) is 6.92. The van der Waals surface area contributed by atoms with Crippen LogP contribution in [0.25, 0.3) is 33.4 Å². The minimum Gasteiger partial charge on any atom is -0.507 e. The second-order valence-electron chi connectivity index (χ2n) is 8.87. The molecule has 1 aliphatic rings. The monoisotopic (exact) mass is 431 g/mol. The number of aromatic nitrogens is 2. The smallest absolute Gasteiger partial charge is 0.203 e. The number of aryl methyl sites for hydroxylation is 2. The largest absolute Gasteiger partial charge is 0.507 e. The molecule has 3 heterocycles. The minimum absolute atomic E-state index is 0.118. The Bertz CT molecular complexity index is 1370. The lowest BCUT2D eigenvalue weighted by Gasteiger charge is -2.33. The molecule has 1 saturated heterocycles. The normalized spacial score (nSPS) is 17.4. The fourth-order valence-corrected chi connectivity index (χ4v) is 4.94. The van der Waals surface area contributed by atoms with Crippen molar-refractivity contribution in [1.82, 2.24) is 14.5 Å². The van der Waals surface area contributed by atoms with Crippen molar-refractivity contribution in [1.29, 1.82) is 0 Å². The van der Waals surface area contributed by atoms with Gasteiger partial charge >= 0.3 is 0 Å². The topological polar surface area (TPSA) is 71.5 Å². The molecule has 32 heavy (non-hydrogen) atoms. The summed E-state index contributed by atoms with van der Waals surface area (Å²) in [6.45, 7) is 5.78. The van der Waals surface area contributed by atoms with E-state index in [4.69, 9.17) is 4.42 Å². The molecular weight excluding hydrogens is 402 g/mol. The molecule has 0 aliphatic carbocycles. The summed E-state index contributed by atoms with van der Waals surface area (Å²) < 4.78 is 8.00. The molecule has 6 heteroatoms. The summed E-state index contributed by atoms with van der Waals surface area (Å²) in [4.78, 5) is 20.7. The Hall–Kier alpha value is -3.12. The SMILES string of the molecule is CCc1cc2c(=O)c(-c3nc4ccccc4n3C)coc2c(CN2CCCC[C@@H]2C)c1O. The van der Waals surface area contributed by atoms with Gasteiger partial charge in [-0.1, -0.05) is 25.5 Å². The van der Waals surface area contributed by atoms with Crippen molar-refractivity contribution in [3.63, 3.8) is 0 Å². The van der Waals surface area contributed by atoms with Crippen LogP contribution in [0.15, 0.2) is 45.8 Å². The first-order valence-corrected chi connectivity index (χ1v) is 11.4. The van der Waals surface area contributed by atoms with Crippen molar-refractivity contribution >= 4 is 22.0 Å². The number of fused-ring (bicyclic) bond motifs is 2. The number of rotatable bonds is 4. The quantitative estimate of drug-likeness (QED) is 0.493. The summed E-state index contributed by atoms with van der Waals surface area (Å²) in [6, 6.07) is 10.0. The van der Waals surface area contributed by atoms with Crippen molar-refractivity contribution in [2.75, 3.05) is 6.54 Å². The third kappa shape index (κ3) is 3.30. The maximum Gasteiger partial charge on any atom is 0.203 e. The van der Waals surface area contributed by atoms with Gasteiger partial charge in [0.15, 0.2) is 0 Å². The van der Waals surface area contributed by atoms with Crippen LogP contribution in [0.5, 0.6) is 5.75 Å². The van der Waals surface area contributed by atoms with Gasteiger partial charge in [-0.2, -0.15) is 0 Å². The van der Waals surface area contributed by atoms with E-state index in [9.17, 15) is 9.90 Å². The molecule has 1 aliphatic heterocycles. The summed E-state index contributed by atoms with van der Waals surface area (Å²) in [6.07, 6.45) is 5.67. The fourth-order valence-electron chi connectivity index (χ4n) is 4.94. The molecule has 6 nitrogen and oxygen atoms in total. The molecule has 5 rings (SSSR count). The minimum atomic E-state index is -0.118. The van der Waals surface area contributed by atoms with Crippen LogP contribution in [-0.4, -0.2) is 32.1 Å². The standard InChI is InChI=1S/C26H29N3O3/c1-4-17-13-18-24(31)20(26-27-21-10-5-6-11-22(21)28(26)3)15-32-25(18)19(23(17)30)14-29-12-8-7-9-16(29)2/h5-6,10-11,13,15-16,30H,4,7-9,12,14H2,1-3H3/t16-/m0/s1. The van der Waals surface area contributed by atoms with E-state index in [1.807, 2.05) is 42.8 Å². The molecule has 0 spiro atoms. The first-order valence-electron chi connectivity index (χ1n) is 11.4. The highest BCUT2D eigenvalue weighted by Gasteiger charge is 2.25. The predicted octanol–water partition coefficient (Wildman–Crippen LogP) is 4.99. The van der Waals surface area contributed by atoms with E-state index in [-0.39, 0.29) is 11.2 Å². The number of piperidine rings is 1. The highest BCUT2D eigenvalue weighted by molar-refractivity contribution is 5.87. The van der Waals surface area contributed by atoms with Crippen LogP contribution in [0.1, 0.15) is 44.2 Å². The van der Waals surface area contributed by atoms with E-state index in [1.54, 1.807) is 6.07 Å². The number of imidazole rings is 1. The van der Waals surface area contributed by atoms with E-state index >= 15 is 0 Å². The van der Waals surface area contributed by atoms with Crippen molar-refractivity contribution < 1.29 is 9.52 Å². The van der Waals surface area contributed by atoms with E-state index in [1.165, 1.54) is 12.7 Å². The van der Waals surface area contributed by atoms with Gasteiger partial charge in [0.25, 0.3) is 0 Å². The van der Waals surface area contributed by atoms with Crippen LogP contribution < -0.4 is 5.43 Å².